The minimum atomic E-state index is -0.349. The molecule has 36 heavy (non-hydrogen) atoms. The summed E-state index contributed by atoms with van der Waals surface area (Å²) in [6.07, 6.45) is 2.30. The number of benzene rings is 1. The summed E-state index contributed by atoms with van der Waals surface area (Å²) < 4.78 is 1.83. The molecule has 0 unspecified atom stereocenters. The largest absolute Gasteiger partial charge is 0.393 e. The van der Waals surface area contributed by atoms with Gasteiger partial charge < -0.3 is 19.8 Å². The fourth-order valence-corrected chi connectivity index (χ4v) is 6.45. The summed E-state index contributed by atoms with van der Waals surface area (Å²) in [7, 11) is 0. The number of aliphatic hydroxyl groups is 1. The molecule has 4 atom stereocenters. The number of likely N-dealkylation sites (tertiary alicyclic amines) is 1. The van der Waals surface area contributed by atoms with Crippen molar-refractivity contribution in [2.75, 3.05) is 44.2 Å². The van der Waals surface area contributed by atoms with E-state index in [-0.39, 0.29) is 30.4 Å². The Kier molecular flexibility index (Phi) is 5.82. The molecule has 0 spiro atoms. The summed E-state index contributed by atoms with van der Waals surface area (Å²) in [5, 5.41) is 14.8. The fourth-order valence-electron chi connectivity index (χ4n) is 6.45. The third-order valence-corrected chi connectivity index (χ3v) is 9.03. The Labute approximate surface area is 212 Å². The van der Waals surface area contributed by atoms with Crippen molar-refractivity contribution in [3.63, 3.8) is 0 Å². The number of piperidine rings is 1. The molecule has 3 fully saturated rings. The first-order valence-corrected chi connectivity index (χ1v) is 13.5. The summed E-state index contributed by atoms with van der Waals surface area (Å²) >= 11 is 0. The molecule has 4 aliphatic rings. The molecule has 2 aromatic rings. The van der Waals surface area contributed by atoms with Crippen LogP contribution in [0.2, 0.25) is 0 Å². The molecule has 8 nitrogen and oxygen atoms in total. The van der Waals surface area contributed by atoms with Gasteiger partial charge in [-0.3, -0.25) is 14.3 Å². The summed E-state index contributed by atoms with van der Waals surface area (Å²) in [5.41, 5.74) is 6.58. The van der Waals surface area contributed by atoms with Gasteiger partial charge in [-0.15, -0.1) is 0 Å². The number of carbonyl (C=O) groups is 2. The minimum absolute atomic E-state index is 0.0362. The lowest BCUT2D eigenvalue weighted by molar-refractivity contribution is -0.132. The molecule has 1 N–H and O–H groups in total. The summed E-state index contributed by atoms with van der Waals surface area (Å²) in [5.74, 6) is 1.14. The van der Waals surface area contributed by atoms with Gasteiger partial charge in [0.25, 0.3) is 5.91 Å². The number of fused-ring (bicyclic) bond motifs is 3. The number of hydrogen-bond donors (Lipinski definition) is 1. The van der Waals surface area contributed by atoms with Gasteiger partial charge in [-0.2, -0.15) is 5.10 Å². The Bertz CT molecular complexity index is 1200. The monoisotopic (exact) mass is 491 g/mol. The molecule has 2 saturated heterocycles. The molecular weight excluding hydrogens is 454 g/mol. The second-order valence-corrected chi connectivity index (χ2v) is 11.3. The van der Waals surface area contributed by atoms with Gasteiger partial charge in [0.05, 0.1) is 6.10 Å². The highest BCUT2D eigenvalue weighted by molar-refractivity contribution is 5.95. The number of aryl methyl sites for hydroxylation is 1. The number of carbonyl (C=O) groups excluding carboxylic acids is 2. The highest BCUT2D eigenvalue weighted by atomic mass is 16.3. The van der Waals surface area contributed by atoms with Crippen LogP contribution in [0.3, 0.4) is 0 Å². The SMILES string of the molecule is Cc1cccc(N2CCN(C(=O)Cn3nc(C(=O)N4CC[C@@H](O)[C@@H](C)C4)c4c3C[C@H]3C[C@@H]43)CC2)c1C. The first kappa shape index (κ1) is 23.5. The van der Waals surface area contributed by atoms with Gasteiger partial charge in [0.2, 0.25) is 5.91 Å². The van der Waals surface area contributed by atoms with Gasteiger partial charge in [0, 0.05) is 56.2 Å². The van der Waals surface area contributed by atoms with E-state index in [1.165, 1.54) is 16.8 Å². The van der Waals surface area contributed by atoms with E-state index in [0.717, 1.165) is 37.2 Å². The number of aromatic nitrogens is 2. The maximum atomic E-state index is 13.5. The summed E-state index contributed by atoms with van der Waals surface area (Å²) in [6.45, 7) is 10.6. The maximum Gasteiger partial charge on any atom is 0.274 e. The van der Waals surface area contributed by atoms with Crippen LogP contribution in [0.25, 0.3) is 0 Å². The van der Waals surface area contributed by atoms with Crippen molar-refractivity contribution in [1.29, 1.82) is 0 Å². The zero-order chi connectivity index (χ0) is 25.1. The Balaban J connectivity index is 1.15. The molecular formula is C28H37N5O3. The fraction of sp³-hybridized carbons (Fsp3) is 0.607. The van der Waals surface area contributed by atoms with Crippen LogP contribution < -0.4 is 4.90 Å². The van der Waals surface area contributed by atoms with Crippen molar-refractivity contribution in [2.24, 2.45) is 11.8 Å². The lowest BCUT2D eigenvalue weighted by Crippen LogP contribution is -2.50. The highest BCUT2D eigenvalue weighted by Crippen LogP contribution is 2.57. The number of piperazine rings is 1. The zero-order valence-electron chi connectivity index (χ0n) is 21.6. The van der Waals surface area contributed by atoms with E-state index >= 15 is 0 Å². The third-order valence-electron chi connectivity index (χ3n) is 9.03. The smallest absolute Gasteiger partial charge is 0.274 e. The van der Waals surface area contributed by atoms with E-state index in [9.17, 15) is 14.7 Å². The Morgan fingerprint density at radius 1 is 1.08 bits per heavy atom. The van der Waals surface area contributed by atoms with Crippen LogP contribution in [-0.4, -0.2) is 81.9 Å². The van der Waals surface area contributed by atoms with Crippen LogP contribution in [0.15, 0.2) is 18.2 Å². The van der Waals surface area contributed by atoms with Crippen LogP contribution in [-0.2, 0) is 17.8 Å². The molecule has 192 valence electrons. The van der Waals surface area contributed by atoms with Gasteiger partial charge in [-0.05, 0) is 68.1 Å². The van der Waals surface area contributed by atoms with Gasteiger partial charge in [-0.1, -0.05) is 19.1 Å². The molecule has 0 bridgehead atoms. The molecule has 3 heterocycles. The molecule has 2 aliphatic heterocycles. The Morgan fingerprint density at radius 3 is 2.61 bits per heavy atom. The summed E-state index contributed by atoms with van der Waals surface area (Å²) in [4.78, 5) is 32.9. The number of hydrogen-bond acceptors (Lipinski definition) is 5. The minimum Gasteiger partial charge on any atom is -0.393 e. The second kappa shape index (κ2) is 8.91. The molecule has 1 aromatic heterocycles. The standard InChI is InChI=1S/C28H37N5O3/c1-17-5-4-6-22(19(17)3)30-9-11-31(12-10-30)25(35)16-33-23-14-20-13-21(20)26(23)27(29-33)28(36)32-8-7-24(34)18(2)15-32/h4-6,18,20-21,24,34H,7-16H2,1-3H3/t18-,20+,21+,24+/m0/s1. The first-order chi connectivity index (χ1) is 17.3. The lowest BCUT2D eigenvalue weighted by Gasteiger charge is -2.37. The van der Waals surface area contributed by atoms with Gasteiger partial charge in [-0.25, -0.2) is 0 Å². The van der Waals surface area contributed by atoms with E-state index in [0.29, 0.717) is 50.1 Å². The molecule has 2 amide bonds. The van der Waals surface area contributed by atoms with Crippen molar-refractivity contribution in [3.05, 3.63) is 46.3 Å². The Hall–Kier alpha value is -2.87. The predicted molar refractivity (Wildman–Crippen MR) is 137 cm³/mol. The molecule has 1 saturated carbocycles. The number of aliphatic hydroxyl groups excluding tert-OH is 1. The molecule has 6 rings (SSSR count). The average Bonchev–Trinajstić information content (AvgIpc) is 3.40. The number of anilines is 1. The van der Waals surface area contributed by atoms with Crippen molar-refractivity contribution in [1.82, 2.24) is 19.6 Å². The van der Waals surface area contributed by atoms with E-state index in [1.807, 2.05) is 21.4 Å². The topological polar surface area (TPSA) is 81.9 Å². The predicted octanol–water partition coefficient (Wildman–Crippen LogP) is 2.35. The second-order valence-electron chi connectivity index (χ2n) is 11.3. The maximum absolute atomic E-state index is 13.5. The number of rotatable bonds is 4. The quantitative estimate of drug-likeness (QED) is 0.710. The van der Waals surface area contributed by atoms with Crippen LogP contribution in [0.1, 0.15) is 58.6 Å². The average molecular weight is 492 g/mol. The first-order valence-electron chi connectivity index (χ1n) is 13.5. The highest BCUT2D eigenvalue weighted by Gasteiger charge is 2.50. The van der Waals surface area contributed by atoms with Gasteiger partial charge >= 0.3 is 0 Å². The van der Waals surface area contributed by atoms with E-state index in [2.05, 4.69) is 36.9 Å². The number of amides is 2. The normalized spacial score (nSPS) is 27.2. The van der Waals surface area contributed by atoms with Gasteiger partial charge in [0.1, 0.15) is 6.54 Å². The van der Waals surface area contributed by atoms with Crippen LogP contribution >= 0.6 is 0 Å². The zero-order valence-corrected chi connectivity index (χ0v) is 21.6. The van der Waals surface area contributed by atoms with Crippen molar-refractivity contribution in [2.45, 2.75) is 58.6 Å². The Morgan fingerprint density at radius 2 is 1.86 bits per heavy atom. The third kappa shape index (κ3) is 3.99. The summed E-state index contributed by atoms with van der Waals surface area (Å²) in [6, 6.07) is 6.41. The molecule has 1 aromatic carbocycles. The van der Waals surface area contributed by atoms with Crippen molar-refractivity contribution in [3.8, 4) is 0 Å². The van der Waals surface area contributed by atoms with E-state index in [1.54, 1.807) is 0 Å². The molecule has 0 radical (unpaired) electrons. The van der Waals surface area contributed by atoms with E-state index in [4.69, 9.17) is 5.10 Å². The van der Waals surface area contributed by atoms with Gasteiger partial charge in [0.15, 0.2) is 5.69 Å². The lowest BCUT2D eigenvalue weighted by atomic mass is 9.96. The van der Waals surface area contributed by atoms with E-state index < -0.39 is 0 Å². The molecule has 2 aliphatic carbocycles. The van der Waals surface area contributed by atoms with Crippen LogP contribution in [0, 0.1) is 25.7 Å². The number of nitrogens with zero attached hydrogens (tertiary/aromatic N) is 5. The van der Waals surface area contributed by atoms with Crippen molar-refractivity contribution < 1.29 is 14.7 Å². The molecule has 8 heteroatoms. The van der Waals surface area contributed by atoms with Crippen LogP contribution in [0.4, 0.5) is 5.69 Å². The van der Waals surface area contributed by atoms with Crippen LogP contribution in [0.5, 0.6) is 0 Å². The van der Waals surface area contributed by atoms with Crippen molar-refractivity contribution >= 4 is 17.5 Å².